The quantitative estimate of drug-likeness (QED) is 0.635. The van der Waals surface area contributed by atoms with Crippen molar-refractivity contribution in [2.45, 2.75) is 32.5 Å². The fourth-order valence-electron chi connectivity index (χ4n) is 3.88. The zero-order chi connectivity index (χ0) is 22.2. The largest absolute Gasteiger partial charge is 0.419 e. The lowest BCUT2D eigenvalue weighted by molar-refractivity contribution is -0.137. The van der Waals surface area contributed by atoms with Gasteiger partial charge in [-0.1, -0.05) is 12.1 Å². The van der Waals surface area contributed by atoms with Crippen molar-refractivity contribution in [1.29, 1.82) is 0 Å². The van der Waals surface area contributed by atoms with Crippen LogP contribution in [0.5, 0.6) is 0 Å². The number of alkyl halides is 3. The van der Waals surface area contributed by atoms with E-state index in [-0.39, 0.29) is 18.4 Å². The molecule has 162 valence electrons. The number of urea groups is 1. The van der Waals surface area contributed by atoms with E-state index in [4.69, 9.17) is 0 Å². The van der Waals surface area contributed by atoms with Gasteiger partial charge in [0.05, 0.1) is 11.3 Å². The number of aromatic nitrogens is 2. The minimum absolute atomic E-state index is 0.0887. The lowest BCUT2D eigenvalue weighted by Gasteiger charge is -2.22. The molecule has 0 radical (unpaired) electrons. The van der Waals surface area contributed by atoms with Crippen LogP contribution in [0.15, 0.2) is 42.6 Å². The molecule has 2 N–H and O–H groups in total. The fourth-order valence-corrected chi connectivity index (χ4v) is 3.88. The SMILES string of the molecule is Cc1ccc(C(F)(F)F)c(N2CCC(NC(=O)Nc3cccc4c(C)nccc34)C2)n1. The number of carbonyl (C=O) groups excluding carboxylic acids is 1. The topological polar surface area (TPSA) is 70.2 Å². The molecule has 1 fully saturated rings. The average Bonchev–Trinajstić information content (AvgIpc) is 3.16. The third-order valence-corrected chi connectivity index (χ3v) is 5.40. The minimum atomic E-state index is -4.49. The van der Waals surface area contributed by atoms with E-state index in [0.29, 0.717) is 24.3 Å². The van der Waals surface area contributed by atoms with E-state index in [1.165, 1.54) is 6.07 Å². The van der Waals surface area contributed by atoms with Crippen LogP contribution in [-0.4, -0.2) is 35.1 Å². The van der Waals surface area contributed by atoms with Gasteiger partial charge >= 0.3 is 12.2 Å². The summed E-state index contributed by atoms with van der Waals surface area (Å²) in [6.07, 6.45) is -2.28. The highest BCUT2D eigenvalue weighted by molar-refractivity contribution is 6.02. The molecule has 2 amide bonds. The molecule has 0 spiro atoms. The summed E-state index contributed by atoms with van der Waals surface area (Å²) in [4.78, 5) is 22.5. The van der Waals surface area contributed by atoms with Crippen molar-refractivity contribution < 1.29 is 18.0 Å². The number of halogens is 3. The van der Waals surface area contributed by atoms with Crippen molar-refractivity contribution in [3.63, 3.8) is 0 Å². The maximum absolute atomic E-state index is 13.4. The zero-order valence-electron chi connectivity index (χ0n) is 17.1. The summed E-state index contributed by atoms with van der Waals surface area (Å²) in [5, 5.41) is 7.52. The van der Waals surface area contributed by atoms with E-state index < -0.39 is 17.8 Å². The Kier molecular flexibility index (Phi) is 5.43. The summed E-state index contributed by atoms with van der Waals surface area (Å²) in [6, 6.07) is 9.12. The molecule has 31 heavy (non-hydrogen) atoms. The molecule has 6 nitrogen and oxygen atoms in total. The standard InChI is InChI=1S/C22H22F3N5O/c1-13-6-7-18(22(23,24)25)20(27-13)30-11-9-15(12-30)28-21(31)29-19-5-3-4-16-14(2)26-10-8-17(16)19/h3-8,10,15H,9,11-12H2,1-2H3,(H2,28,29,31). The van der Waals surface area contributed by atoms with Crippen molar-refractivity contribution in [1.82, 2.24) is 15.3 Å². The maximum Gasteiger partial charge on any atom is 0.419 e. The van der Waals surface area contributed by atoms with Gasteiger partial charge in [0.2, 0.25) is 0 Å². The second-order valence-corrected chi connectivity index (χ2v) is 7.65. The van der Waals surface area contributed by atoms with Crippen LogP contribution in [0.1, 0.15) is 23.4 Å². The van der Waals surface area contributed by atoms with Gasteiger partial charge in [-0.05, 0) is 44.5 Å². The van der Waals surface area contributed by atoms with Crippen molar-refractivity contribution >= 4 is 28.3 Å². The number of hydrogen-bond donors (Lipinski definition) is 2. The average molecular weight is 429 g/mol. The molecule has 1 saturated heterocycles. The number of pyridine rings is 2. The summed E-state index contributed by atoms with van der Waals surface area (Å²) in [5.74, 6) is -0.0887. The molecule has 9 heteroatoms. The predicted molar refractivity (Wildman–Crippen MR) is 113 cm³/mol. The number of aryl methyl sites for hydroxylation is 2. The van der Waals surface area contributed by atoms with Crippen LogP contribution in [-0.2, 0) is 6.18 Å². The Balaban J connectivity index is 1.46. The molecule has 4 rings (SSSR count). The van der Waals surface area contributed by atoms with Crippen LogP contribution in [0, 0.1) is 13.8 Å². The summed E-state index contributed by atoms with van der Waals surface area (Å²) in [7, 11) is 0. The molecule has 0 bridgehead atoms. The van der Waals surface area contributed by atoms with E-state index in [9.17, 15) is 18.0 Å². The fraction of sp³-hybridized carbons (Fsp3) is 0.318. The molecule has 1 atom stereocenters. The summed E-state index contributed by atoms with van der Waals surface area (Å²) >= 11 is 0. The van der Waals surface area contributed by atoms with Crippen molar-refractivity contribution in [3.05, 3.63) is 59.5 Å². The van der Waals surface area contributed by atoms with Crippen molar-refractivity contribution in [3.8, 4) is 0 Å². The summed E-state index contributed by atoms with van der Waals surface area (Å²) in [6.45, 7) is 4.19. The Morgan fingerprint density at radius 2 is 1.94 bits per heavy atom. The highest BCUT2D eigenvalue weighted by atomic mass is 19.4. The van der Waals surface area contributed by atoms with Gasteiger partial charge in [0.15, 0.2) is 0 Å². The van der Waals surface area contributed by atoms with Gasteiger partial charge in [0.1, 0.15) is 5.82 Å². The normalized spacial score (nSPS) is 16.5. The van der Waals surface area contributed by atoms with E-state index >= 15 is 0 Å². The molecule has 0 aliphatic carbocycles. The van der Waals surface area contributed by atoms with Crippen LogP contribution in [0.3, 0.4) is 0 Å². The van der Waals surface area contributed by atoms with E-state index in [1.54, 1.807) is 24.1 Å². The number of carbonyl (C=O) groups is 1. The Hall–Kier alpha value is -3.36. The van der Waals surface area contributed by atoms with Gasteiger partial charge in [-0.15, -0.1) is 0 Å². The van der Waals surface area contributed by atoms with Crippen LogP contribution in [0.2, 0.25) is 0 Å². The van der Waals surface area contributed by atoms with Gasteiger partial charge in [-0.2, -0.15) is 13.2 Å². The van der Waals surface area contributed by atoms with Gasteiger partial charge in [0, 0.05) is 47.5 Å². The third-order valence-electron chi connectivity index (χ3n) is 5.40. The first-order chi connectivity index (χ1) is 14.7. The highest BCUT2D eigenvalue weighted by Crippen LogP contribution is 2.36. The number of anilines is 2. The maximum atomic E-state index is 13.4. The van der Waals surface area contributed by atoms with Crippen LogP contribution in [0.25, 0.3) is 10.8 Å². The number of benzene rings is 1. The van der Waals surface area contributed by atoms with Crippen LogP contribution >= 0.6 is 0 Å². The molecule has 1 aromatic carbocycles. The number of nitrogens with zero attached hydrogens (tertiary/aromatic N) is 3. The number of rotatable bonds is 3. The molecule has 1 aliphatic rings. The second-order valence-electron chi connectivity index (χ2n) is 7.65. The lowest BCUT2D eigenvalue weighted by atomic mass is 10.1. The number of nitrogens with one attached hydrogen (secondary N) is 2. The molecular weight excluding hydrogens is 407 g/mol. The zero-order valence-corrected chi connectivity index (χ0v) is 17.1. The first-order valence-electron chi connectivity index (χ1n) is 9.94. The Bertz CT molecular complexity index is 1130. The smallest absolute Gasteiger partial charge is 0.354 e. The second kappa shape index (κ2) is 8.05. The van der Waals surface area contributed by atoms with Gasteiger partial charge < -0.3 is 15.5 Å². The minimum Gasteiger partial charge on any atom is -0.354 e. The number of hydrogen-bond acceptors (Lipinski definition) is 4. The monoisotopic (exact) mass is 429 g/mol. The first kappa shape index (κ1) is 20.9. The van der Waals surface area contributed by atoms with Crippen molar-refractivity contribution in [2.75, 3.05) is 23.3 Å². The first-order valence-corrected chi connectivity index (χ1v) is 9.94. The van der Waals surface area contributed by atoms with E-state index in [2.05, 4.69) is 20.6 Å². The van der Waals surface area contributed by atoms with Gasteiger partial charge in [0.25, 0.3) is 0 Å². The Morgan fingerprint density at radius 1 is 1.13 bits per heavy atom. The van der Waals surface area contributed by atoms with E-state index in [1.807, 2.05) is 25.1 Å². The lowest BCUT2D eigenvalue weighted by Crippen LogP contribution is -2.40. The Morgan fingerprint density at radius 3 is 2.71 bits per heavy atom. The molecular formula is C22H22F3N5O. The predicted octanol–water partition coefficient (Wildman–Crippen LogP) is 4.67. The summed E-state index contributed by atoms with van der Waals surface area (Å²) < 4.78 is 40.2. The molecule has 2 aromatic heterocycles. The number of amides is 2. The number of fused-ring (bicyclic) bond motifs is 1. The van der Waals surface area contributed by atoms with E-state index in [0.717, 1.165) is 22.5 Å². The van der Waals surface area contributed by atoms with Gasteiger partial charge in [-0.25, -0.2) is 9.78 Å². The molecule has 1 aliphatic heterocycles. The summed E-state index contributed by atoms with van der Waals surface area (Å²) in [5.41, 5.74) is 1.26. The molecule has 0 saturated carbocycles. The van der Waals surface area contributed by atoms with Crippen molar-refractivity contribution in [2.24, 2.45) is 0 Å². The van der Waals surface area contributed by atoms with Gasteiger partial charge in [-0.3, -0.25) is 4.98 Å². The molecule has 3 aromatic rings. The molecule has 3 heterocycles. The highest BCUT2D eigenvalue weighted by Gasteiger charge is 2.37. The van der Waals surface area contributed by atoms with Crippen LogP contribution in [0.4, 0.5) is 29.5 Å². The molecule has 1 unspecified atom stereocenters. The third kappa shape index (κ3) is 4.40. The Labute approximate surface area is 177 Å². The van der Waals surface area contributed by atoms with Crippen LogP contribution < -0.4 is 15.5 Å².